The molecule has 0 spiro atoms. The molecule has 1 aromatic heterocycles. The number of unbranched alkanes of at least 4 members (excludes halogenated alkanes) is 8. The molecule has 0 fully saturated rings. The Labute approximate surface area is 247 Å². The summed E-state index contributed by atoms with van der Waals surface area (Å²) in [6.07, 6.45) is 20.6. The van der Waals surface area contributed by atoms with Crippen LogP contribution in [0.15, 0.2) is 67.2 Å². The molecule has 220 valence electrons. The molecule has 5 heteroatoms. The van der Waals surface area contributed by atoms with Crippen molar-refractivity contribution in [3.63, 3.8) is 0 Å². The van der Waals surface area contributed by atoms with Gasteiger partial charge in [-0.25, -0.2) is 9.97 Å². The number of aromatic nitrogens is 2. The van der Waals surface area contributed by atoms with Crippen molar-refractivity contribution in [3.8, 4) is 11.1 Å². The predicted molar refractivity (Wildman–Crippen MR) is 167 cm³/mol. The SMILES string of the molecule is CCCCCCCc1ccccc1C1OC=C(c2ncc(-c3ccc(CCCCOCCCCCC)cc3)cn2)O1. The van der Waals surface area contributed by atoms with Gasteiger partial charge in [0.1, 0.15) is 6.26 Å². The van der Waals surface area contributed by atoms with Crippen LogP contribution in [0.2, 0.25) is 0 Å². The summed E-state index contributed by atoms with van der Waals surface area (Å²) >= 11 is 0. The first-order valence-electron chi connectivity index (χ1n) is 15.9. The normalized spacial score (nSPS) is 14.5. The van der Waals surface area contributed by atoms with Crippen molar-refractivity contribution in [1.82, 2.24) is 9.97 Å². The summed E-state index contributed by atoms with van der Waals surface area (Å²) in [7, 11) is 0. The number of aryl methyl sites for hydroxylation is 2. The first kappa shape index (κ1) is 30.8. The van der Waals surface area contributed by atoms with Gasteiger partial charge in [-0.2, -0.15) is 0 Å². The van der Waals surface area contributed by atoms with Crippen LogP contribution in [-0.4, -0.2) is 23.2 Å². The van der Waals surface area contributed by atoms with E-state index in [1.165, 1.54) is 68.9 Å². The van der Waals surface area contributed by atoms with E-state index in [1.807, 2.05) is 18.5 Å². The molecule has 0 amide bonds. The van der Waals surface area contributed by atoms with Crippen LogP contribution in [0.1, 0.15) is 113 Å². The van der Waals surface area contributed by atoms with Gasteiger partial charge in [0.2, 0.25) is 5.76 Å². The summed E-state index contributed by atoms with van der Waals surface area (Å²) in [5.41, 5.74) is 5.82. The summed E-state index contributed by atoms with van der Waals surface area (Å²) in [4.78, 5) is 9.18. The average Bonchev–Trinajstić information content (AvgIpc) is 3.51. The lowest BCUT2D eigenvalue weighted by molar-refractivity contribution is -0.0181. The van der Waals surface area contributed by atoms with Crippen LogP contribution in [0.3, 0.4) is 0 Å². The van der Waals surface area contributed by atoms with Crippen molar-refractivity contribution in [2.75, 3.05) is 13.2 Å². The highest BCUT2D eigenvalue weighted by molar-refractivity contribution is 5.63. The minimum atomic E-state index is -0.454. The summed E-state index contributed by atoms with van der Waals surface area (Å²) in [5.74, 6) is 1.11. The summed E-state index contributed by atoms with van der Waals surface area (Å²) in [6.45, 7) is 6.26. The van der Waals surface area contributed by atoms with Gasteiger partial charge in [0.15, 0.2) is 5.82 Å². The lowest BCUT2D eigenvalue weighted by Crippen LogP contribution is -2.04. The Morgan fingerprint density at radius 1 is 0.683 bits per heavy atom. The maximum absolute atomic E-state index is 6.17. The zero-order valence-electron chi connectivity index (χ0n) is 25.2. The summed E-state index contributed by atoms with van der Waals surface area (Å²) in [6, 6.07) is 17.1. The minimum Gasteiger partial charge on any atom is -0.454 e. The molecule has 5 nitrogen and oxygen atoms in total. The monoisotopic (exact) mass is 556 g/mol. The standard InChI is InChI=1S/C36H48N2O3/c1-3-5-7-9-10-17-31-18-11-12-19-33(31)36-40-28-34(41-36)35-37-26-32(27-38-35)30-22-20-29(21-23-30)16-13-15-25-39-24-14-8-6-4-2/h11-12,18-23,26-28,36H,3-10,13-17,24-25H2,1-2H3. The van der Waals surface area contributed by atoms with Gasteiger partial charge >= 0.3 is 0 Å². The van der Waals surface area contributed by atoms with Crippen molar-refractivity contribution >= 4 is 5.76 Å². The van der Waals surface area contributed by atoms with E-state index >= 15 is 0 Å². The van der Waals surface area contributed by atoms with E-state index in [0.29, 0.717) is 11.6 Å². The smallest absolute Gasteiger partial charge is 0.267 e. The summed E-state index contributed by atoms with van der Waals surface area (Å²) in [5, 5.41) is 0. The highest BCUT2D eigenvalue weighted by atomic mass is 16.7. The Morgan fingerprint density at radius 2 is 1.34 bits per heavy atom. The topological polar surface area (TPSA) is 53.5 Å². The molecule has 2 aromatic carbocycles. The molecule has 0 radical (unpaired) electrons. The van der Waals surface area contributed by atoms with Crippen molar-refractivity contribution in [2.45, 2.75) is 104 Å². The molecular weight excluding hydrogens is 508 g/mol. The maximum atomic E-state index is 6.17. The van der Waals surface area contributed by atoms with Gasteiger partial charge in [-0.1, -0.05) is 107 Å². The highest BCUT2D eigenvalue weighted by Gasteiger charge is 2.26. The molecule has 0 saturated heterocycles. The first-order valence-corrected chi connectivity index (χ1v) is 15.9. The van der Waals surface area contributed by atoms with Gasteiger partial charge in [-0.3, -0.25) is 0 Å². The van der Waals surface area contributed by atoms with Gasteiger partial charge in [0, 0.05) is 36.7 Å². The highest BCUT2D eigenvalue weighted by Crippen LogP contribution is 2.34. The number of rotatable bonds is 19. The molecule has 1 unspecified atom stereocenters. The fourth-order valence-corrected chi connectivity index (χ4v) is 5.18. The number of ether oxygens (including phenoxy) is 3. The molecule has 2 heterocycles. The van der Waals surface area contributed by atoms with Crippen molar-refractivity contribution in [2.24, 2.45) is 0 Å². The number of hydrogen-bond acceptors (Lipinski definition) is 5. The molecule has 0 bridgehead atoms. The second kappa shape index (κ2) is 17.6. The third-order valence-electron chi connectivity index (χ3n) is 7.70. The lowest BCUT2D eigenvalue weighted by Gasteiger charge is -2.16. The Bertz CT molecular complexity index is 1170. The molecule has 1 aliphatic rings. The Kier molecular flexibility index (Phi) is 13.2. The van der Waals surface area contributed by atoms with Crippen LogP contribution in [-0.2, 0) is 27.1 Å². The number of nitrogens with zero attached hydrogens (tertiary/aromatic N) is 2. The molecule has 1 aliphatic heterocycles. The largest absolute Gasteiger partial charge is 0.454 e. The van der Waals surface area contributed by atoms with Crippen LogP contribution in [0.25, 0.3) is 16.9 Å². The Hall–Kier alpha value is -3.18. The molecule has 3 aromatic rings. The van der Waals surface area contributed by atoms with Gasteiger partial charge < -0.3 is 14.2 Å². The quantitative estimate of drug-likeness (QED) is 0.138. The van der Waals surface area contributed by atoms with E-state index in [9.17, 15) is 0 Å². The third-order valence-corrected chi connectivity index (χ3v) is 7.70. The van der Waals surface area contributed by atoms with Gasteiger partial charge in [-0.05, 0) is 55.2 Å². The Morgan fingerprint density at radius 3 is 2.10 bits per heavy atom. The second-order valence-corrected chi connectivity index (χ2v) is 11.1. The number of benzene rings is 2. The van der Waals surface area contributed by atoms with E-state index in [0.717, 1.165) is 55.6 Å². The zero-order valence-corrected chi connectivity index (χ0v) is 25.2. The zero-order chi connectivity index (χ0) is 28.5. The van der Waals surface area contributed by atoms with Gasteiger partial charge in [0.25, 0.3) is 6.29 Å². The van der Waals surface area contributed by atoms with Crippen LogP contribution < -0.4 is 0 Å². The van der Waals surface area contributed by atoms with Gasteiger partial charge in [-0.15, -0.1) is 0 Å². The molecule has 1 atom stereocenters. The predicted octanol–water partition coefficient (Wildman–Crippen LogP) is 9.62. The number of hydrogen-bond donors (Lipinski definition) is 0. The van der Waals surface area contributed by atoms with E-state index in [1.54, 1.807) is 6.26 Å². The van der Waals surface area contributed by atoms with Crippen molar-refractivity contribution in [1.29, 1.82) is 0 Å². The third kappa shape index (κ3) is 10.00. The van der Waals surface area contributed by atoms with E-state index in [4.69, 9.17) is 14.2 Å². The van der Waals surface area contributed by atoms with E-state index in [-0.39, 0.29) is 0 Å². The van der Waals surface area contributed by atoms with Crippen LogP contribution in [0.5, 0.6) is 0 Å². The van der Waals surface area contributed by atoms with Crippen LogP contribution in [0.4, 0.5) is 0 Å². The molecule has 41 heavy (non-hydrogen) atoms. The average molecular weight is 557 g/mol. The van der Waals surface area contributed by atoms with Crippen molar-refractivity contribution in [3.05, 3.63) is 89.7 Å². The molecular formula is C36H48N2O3. The fraction of sp³-hybridized carbons (Fsp3) is 0.500. The van der Waals surface area contributed by atoms with Crippen molar-refractivity contribution < 1.29 is 14.2 Å². The molecule has 0 saturated carbocycles. The second-order valence-electron chi connectivity index (χ2n) is 11.1. The Balaban J connectivity index is 1.22. The minimum absolute atomic E-state index is 0.454. The molecule has 0 aliphatic carbocycles. The summed E-state index contributed by atoms with van der Waals surface area (Å²) < 4.78 is 17.9. The van der Waals surface area contributed by atoms with Crippen LogP contribution >= 0.6 is 0 Å². The van der Waals surface area contributed by atoms with E-state index in [2.05, 4.69) is 66.3 Å². The maximum Gasteiger partial charge on any atom is 0.267 e. The van der Waals surface area contributed by atoms with E-state index < -0.39 is 6.29 Å². The van der Waals surface area contributed by atoms with Gasteiger partial charge in [0.05, 0.1) is 0 Å². The molecule has 0 N–H and O–H groups in total. The lowest BCUT2D eigenvalue weighted by atomic mass is 10.0. The molecule has 4 rings (SSSR count). The fourth-order valence-electron chi connectivity index (χ4n) is 5.18. The van der Waals surface area contributed by atoms with Crippen LogP contribution in [0, 0.1) is 0 Å². The first-order chi connectivity index (χ1) is 20.3.